The Morgan fingerprint density at radius 2 is 0.537 bits per heavy atom. The fraction of sp³-hybridized carbons (Fsp3) is 0.815. The Morgan fingerprint density at radius 3 is 0.787 bits per heavy atom. The Balaban J connectivity index is 3.99. The lowest BCUT2D eigenvalue weighted by molar-refractivity contribution is -0.144. The minimum Gasteiger partial charge on any atom is -0.469 e. The van der Waals surface area contributed by atoms with Crippen molar-refractivity contribution in [3.05, 3.63) is 38.5 Å². The van der Waals surface area contributed by atoms with E-state index in [0.29, 0.717) is 32.5 Å². The van der Waals surface area contributed by atoms with Crippen molar-refractivity contribution in [1.29, 1.82) is 0 Å². The van der Waals surface area contributed by atoms with Crippen LogP contribution in [0.4, 0.5) is 14.4 Å². The van der Waals surface area contributed by atoms with Gasteiger partial charge < -0.3 is 42.6 Å². The molecule has 0 aromatic rings. The number of ether oxygens (including phenoxy) is 9. The lowest BCUT2D eigenvalue weighted by atomic mass is 10.0. The van der Waals surface area contributed by atoms with Crippen LogP contribution in [0.5, 0.6) is 0 Å². The van der Waals surface area contributed by atoms with Crippen molar-refractivity contribution < 1.29 is 71.4 Å². The molecule has 0 aromatic carbocycles. The summed E-state index contributed by atoms with van der Waals surface area (Å²) < 4.78 is 46.7. The highest BCUT2D eigenvalue weighted by Crippen LogP contribution is 2.22. The average Bonchev–Trinajstić information content (AvgIpc) is 3.43. The SMILES string of the molecule is C=COC(=O)OC(CCCCCCC)CCCCCCCCCCC(=O)OCCCCCCC(CCCCCCCCCCC(=O)OCCCCCCC(CCCCCCCCCCC(=O)OC)OC(=O)OC=C)OC(=O)OC=C. The van der Waals surface area contributed by atoms with Crippen LogP contribution in [-0.4, -0.2) is 75.0 Å². The fourth-order valence-electron chi connectivity index (χ4n) is 9.84. The molecule has 0 fully saturated rings. The highest BCUT2D eigenvalue weighted by atomic mass is 16.7. The third-order valence-corrected chi connectivity index (χ3v) is 14.5. The molecule has 3 unspecified atom stereocenters. The van der Waals surface area contributed by atoms with E-state index in [-0.39, 0.29) is 36.2 Å². The summed E-state index contributed by atoms with van der Waals surface area (Å²) in [6.07, 6.45) is 45.7. The third kappa shape index (κ3) is 54.0. The van der Waals surface area contributed by atoms with Crippen molar-refractivity contribution in [2.45, 2.75) is 321 Å². The van der Waals surface area contributed by atoms with E-state index in [4.69, 9.17) is 37.9 Å². The summed E-state index contributed by atoms with van der Waals surface area (Å²) in [6.45, 7) is 13.4. The molecular weight excluding hydrogens is 1020 g/mol. The van der Waals surface area contributed by atoms with Crippen LogP contribution >= 0.6 is 0 Å². The molecule has 0 saturated carbocycles. The van der Waals surface area contributed by atoms with Crippen molar-refractivity contribution in [3.63, 3.8) is 0 Å². The molecule has 0 saturated heterocycles. The van der Waals surface area contributed by atoms with Gasteiger partial charge in [-0.15, -0.1) is 0 Å². The van der Waals surface area contributed by atoms with Gasteiger partial charge in [-0.2, -0.15) is 0 Å². The molecule has 0 amide bonds. The predicted octanol–water partition coefficient (Wildman–Crippen LogP) is 19.2. The monoisotopic (exact) mass is 1130 g/mol. The second kappa shape index (κ2) is 59.1. The number of esters is 3. The van der Waals surface area contributed by atoms with Crippen LogP contribution in [0, 0.1) is 0 Å². The van der Waals surface area contributed by atoms with Gasteiger partial charge in [-0.25, -0.2) is 14.4 Å². The zero-order valence-electron chi connectivity index (χ0n) is 50.7. The van der Waals surface area contributed by atoms with Gasteiger partial charge in [-0.1, -0.05) is 194 Å². The number of carbonyl (C=O) groups excluding carboxylic acids is 6. The minimum atomic E-state index is -0.716. The molecule has 15 heteroatoms. The van der Waals surface area contributed by atoms with E-state index in [1.807, 2.05) is 0 Å². The molecule has 464 valence electrons. The molecule has 80 heavy (non-hydrogen) atoms. The van der Waals surface area contributed by atoms with Gasteiger partial charge >= 0.3 is 36.4 Å². The molecule has 15 nitrogen and oxygen atoms in total. The highest BCUT2D eigenvalue weighted by molar-refractivity contribution is 5.69. The first kappa shape index (κ1) is 75.4. The predicted molar refractivity (Wildman–Crippen MR) is 317 cm³/mol. The first-order valence-corrected chi connectivity index (χ1v) is 31.9. The molecule has 0 heterocycles. The van der Waals surface area contributed by atoms with Crippen molar-refractivity contribution in [1.82, 2.24) is 0 Å². The molecule has 0 N–H and O–H groups in total. The number of rotatable bonds is 59. The Labute approximate surface area is 485 Å². The van der Waals surface area contributed by atoms with Crippen LogP contribution in [-0.2, 0) is 57.0 Å². The van der Waals surface area contributed by atoms with E-state index in [2.05, 4.69) is 31.4 Å². The van der Waals surface area contributed by atoms with E-state index < -0.39 is 18.5 Å². The number of hydrogen-bond acceptors (Lipinski definition) is 15. The Morgan fingerprint density at radius 1 is 0.312 bits per heavy atom. The van der Waals surface area contributed by atoms with Crippen LogP contribution in [0.3, 0.4) is 0 Å². The quantitative estimate of drug-likeness (QED) is 0.0242. The molecular formula is C65H114O15. The number of hydrogen-bond donors (Lipinski definition) is 0. The summed E-state index contributed by atoms with van der Waals surface area (Å²) in [7, 11) is 1.43. The van der Waals surface area contributed by atoms with E-state index in [9.17, 15) is 28.8 Å². The summed E-state index contributed by atoms with van der Waals surface area (Å²) in [5.41, 5.74) is 0. The van der Waals surface area contributed by atoms with Crippen molar-refractivity contribution in [2.24, 2.45) is 0 Å². The topological polar surface area (TPSA) is 185 Å². The normalized spacial score (nSPS) is 12.1. The molecule has 0 spiro atoms. The number of carbonyl (C=O) groups is 6. The Hall–Kier alpha value is -4.56. The van der Waals surface area contributed by atoms with Crippen LogP contribution in [0.25, 0.3) is 0 Å². The molecule has 0 bridgehead atoms. The van der Waals surface area contributed by atoms with Gasteiger partial charge in [-0.3, -0.25) is 14.4 Å². The average molecular weight is 1140 g/mol. The summed E-state index contributed by atoms with van der Waals surface area (Å²) in [5.74, 6) is -0.393. The van der Waals surface area contributed by atoms with Crippen molar-refractivity contribution in [2.75, 3.05) is 20.3 Å². The molecule has 0 aliphatic rings. The maximum absolute atomic E-state index is 12.3. The maximum Gasteiger partial charge on any atom is 0.513 e. The first-order chi connectivity index (χ1) is 39.1. The van der Waals surface area contributed by atoms with E-state index >= 15 is 0 Å². The fourth-order valence-corrected chi connectivity index (χ4v) is 9.84. The molecule has 0 rings (SSSR count). The van der Waals surface area contributed by atoms with Crippen molar-refractivity contribution in [3.8, 4) is 0 Å². The Kier molecular flexibility index (Phi) is 55.7. The summed E-state index contributed by atoms with van der Waals surface area (Å²) in [4.78, 5) is 71.7. The zero-order chi connectivity index (χ0) is 58.6. The van der Waals surface area contributed by atoms with Crippen LogP contribution in [0.2, 0.25) is 0 Å². The first-order valence-electron chi connectivity index (χ1n) is 31.9. The van der Waals surface area contributed by atoms with Gasteiger partial charge in [0.05, 0.1) is 39.1 Å². The van der Waals surface area contributed by atoms with Crippen LogP contribution in [0.15, 0.2) is 38.5 Å². The van der Waals surface area contributed by atoms with Gasteiger partial charge in [0.1, 0.15) is 18.3 Å². The van der Waals surface area contributed by atoms with Gasteiger partial charge in [0, 0.05) is 19.3 Å². The Bertz CT molecular complexity index is 1530. The minimum absolute atomic E-state index is 0.0963. The third-order valence-electron chi connectivity index (χ3n) is 14.5. The molecule has 0 aliphatic heterocycles. The molecule has 3 atom stereocenters. The second-order valence-corrected chi connectivity index (χ2v) is 21.6. The largest absolute Gasteiger partial charge is 0.513 e. The summed E-state index contributed by atoms with van der Waals surface area (Å²) >= 11 is 0. The van der Waals surface area contributed by atoms with Crippen LogP contribution in [0.1, 0.15) is 302 Å². The molecule has 0 aliphatic carbocycles. The lowest BCUT2D eigenvalue weighted by Crippen LogP contribution is -2.18. The van der Waals surface area contributed by atoms with Crippen molar-refractivity contribution >= 4 is 36.4 Å². The zero-order valence-corrected chi connectivity index (χ0v) is 50.7. The van der Waals surface area contributed by atoms with Gasteiger partial charge in [0.15, 0.2) is 0 Å². The lowest BCUT2D eigenvalue weighted by Gasteiger charge is -2.17. The molecule has 0 aromatic heterocycles. The highest BCUT2D eigenvalue weighted by Gasteiger charge is 2.18. The smallest absolute Gasteiger partial charge is 0.469 e. The van der Waals surface area contributed by atoms with Gasteiger partial charge in [0.25, 0.3) is 0 Å². The van der Waals surface area contributed by atoms with Gasteiger partial charge in [0.2, 0.25) is 0 Å². The number of unbranched alkanes of at least 4 members (excludes halogenated alkanes) is 31. The van der Waals surface area contributed by atoms with Crippen LogP contribution < -0.4 is 0 Å². The molecule has 0 radical (unpaired) electrons. The second-order valence-electron chi connectivity index (χ2n) is 21.6. The standard InChI is InChI=1S/C65H114O15/c1-6-10-11-24-35-46-57(78-63(69)73-7-2)47-36-26-19-13-16-22-29-42-53-61(67)76-56-45-34-32-40-51-59(80-65(71)75-9-4)49-38-27-20-14-17-23-30-43-54-62(68)77-55-44-33-31-39-50-58(79-64(70)74-8-3)48-37-25-18-12-15-21-28-41-52-60(66)72-5/h7-9,57-59H,2-4,6,10-56H2,1,5H3. The summed E-state index contributed by atoms with van der Waals surface area (Å²) in [6, 6.07) is 0. The van der Waals surface area contributed by atoms with E-state index in [0.717, 1.165) is 269 Å². The maximum atomic E-state index is 12.3. The number of methoxy groups -OCH3 is 1. The van der Waals surface area contributed by atoms with E-state index in [1.54, 1.807) is 0 Å². The van der Waals surface area contributed by atoms with E-state index in [1.165, 1.54) is 32.8 Å². The van der Waals surface area contributed by atoms with Gasteiger partial charge in [-0.05, 0) is 109 Å². The summed E-state index contributed by atoms with van der Waals surface area (Å²) in [5, 5.41) is 0.